The van der Waals surface area contributed by atoms with Gasteiger partial charge in [0.05, 0.1) is 22.5 Å². The summed E-state index contributed by atoms with van der Waals surface area (Å²) in [5.41, 5.74) is -5.13. The van der Waals surface area contributed by atoms with Crippen LogP contribution in [0, 0.1) is 30.5 Å². The van der Waals surface area contributed by atoms with Gasteiger partial charge in [-0.1, -0.05) is 41.5 Å². The van der Waals surface area contributed by atoms with E-state index in [1.165, 1.54) is 42.2 Å². The maximum absolute atomic E-state index is 14.1. The van der Waals surface area contributed by atoms with Gasteiger partial charge in [-0.15, -0.1) is 0 Å². The summed E-state index contributed by atoms with van der Waals surface area (Å²) < 4.78 is 74.5. The van der Waals surface area contributed by atoms with Crippen LogP contribution in [0.2, 0.25) is 0 Å². The van der Waals surface area contributed by atoms with Gasteiger partial charge in [0, 0.05) is 28.3 Å². The predicted octanol–water partition coefficient (Wildman–Crippen LogP) is 7.23. The van der Waals surface area contributed by atoms with Gasteiger partial charge < -0.3 is 14.7 Å². The summed E-state index contributed by atoms with van der Waals surface area (Å²) in [7, 11) is -5.26. The highest BCUT2D eigenvalue weighted by atomic mass is 31.2. The van der Waals surface area contributed by atoms with E-state index in [2.05, 4.69) is 0 Å². The van der Waals surface area contributed by atoms with Crippen LogP contribution < -0.4 is 15.4 Å². The minimum atomic E-state index is -5.26. The molecule has 1 aromatic heterocycles. The Kier molecular flexibility index (Phi) is 8.46. The van der Waals surface area contributed by atoms with Crippen molar-refractivity contribution in [3.63, 3.8) is 0 Å². The van der Waals surface area contributed by atoms with Gasteiger partial charge in [-0.25, -0.2) is 8.96 Å². The average Bonchev–Trinajstić information content (AvgIpc) is 2.86. The van der Waals surface area contributed by atoms with Crippen LogP contribution >= 0.6 is 7.82 Å². The molecule has 0 spiro atoms. The van der Waals surface area contributed by atoms with E-state index in [1.807, 2.05) is 0 Å². The van der Waals surface area contributed by atoms with Crippen molar-refractivity contribution in [3.05, 3.63) is 87.1 Å². The summed E-state index contributed by atoms with van der Waals surface area (Å²) in [5, 5.41) is 0. The lowest BCUT2D eigenvalue weighted by atomic mass is 9.67. The fraction of sp³-hybridized carbons (Fsp3) is 0.419. The molecule has 1 aliphatic rings. The molecule has 0 bridgehead atoms. The van der Waals surface area contributed by atoms with Crippen LogP contribution in [0.3, 0.4) is 0 Å². The van der Waals surface area contributed by atoms with Crippen LogP contribution in [0.25, 0.3) is 0 Å². The second kappa shape index (κ2) is 11.1. The summed E-state index contributed by atoms with van der Waals surface area (Å²) in [4.78, 5) is 50.6. The minimum Gasteiger partial charge on any atom is -0.322 e. The first-order valence-electron chi connectivity index (χ1n) is 14.0. The molecule has 0 aliphatic carbocycles. The van der Waals surface area contributed by atoms with Gasteiger partial charge >= 0.3 is 14.0 Å². The number of pyridine rings is 1. The quantitative estimate of drug-likeness (QED) is 0.221. The number of aromatic nitrogens is 1. The summed E-state index contributed by atoms with van der Waals surface area (Å²) in [6, 6.07) is 9.12. The number of nitrogens with zero attached hydrogens (tertiary/aromatic N) is 3. The van der Waals surface area contributed by atoms with E-state index in [0.29, 0.717) is 11.3 Å². The summed E-state index contributed by atoms with van der Waals surface area (Å²) in [6.45, 7) is 12.7. The van der Waals surface area contributed by atoms with Crippen LogP contribution in [-0.2, 0) is 21.0 Å². The number of phosphoric ester groups is 1. The normalized spacial score (nSPS) is 15.0. The first-order chi connectivity index (χ1) is 20.4. The van der Waals surface area contributed by atoms with Crippen LogP contribution in [0.5, 0.6) is 0 Å². The monoisotopic (exact) mass is 653 g/mol. The van der Waals surface area contributed by atoms with Gasteiger partial charge in [0.2, 0.25) is 0 Å². The van der Waals surface area contributed by atoms with Crippen molar-refractivity contribution in [3.8, 4) is 0 Å². The molecule has 0 unspecified atom stereocenters. The third-order valence-electron chi connectivity index (χ3n) is 8.02. The molecule has 0 radical (unpaired) electrons. The van der Waals surface area contributed by atoms with Crippen LogP contribution in [-0.4, -0.2) is 26.9 Å². The first-order valence-corrected chi connectivity index (χ1v) is 15.5. The van der Waals surface area contributed by atoms with Crippen molar-refractivity contribution >= 4 is 30.8 Å². The topological polar surface area (TPSA) is 112 Å². The van der Waals surface area contributed by atoms with E-state index >= 15 is 0 Å². The molecule has 0 fully saturated rings. The number of carbonyl (C=O) groups is 1. The van der Waals surface area contributed by atoms with E-state index in [9.17, 15) is 41.5 Å². The van der Waals surface area contributed by atoms with E-state index < -0.39 is 53.4 Å². The van der Waals surface area contributed by atoms with E-state index in [0.717, 1.165) is 22.8 Å². The lowest BCUT2D eigenvalue weighted by molar-refractivity contribution is -0.194. The Morgan fingerprint density at radius 3 is 1.87 bits per heavy atom. The lowest BCUT2D eigenvalue weighted by Gasteiger charge is -2.54. The van der Waals surface area contributed by atoms with Crippen LogP contribution in [0.1, 0.15) is 68.7 Å². The van der Waals surface area contributed by atoms with E-state index in [-0.39, 0.29) is 29.3 Å². The van der Waals surface area contributed by atoms with Gasteiger partial charge in [0.15, 0.2) is 5.72 Å². The van der Waals surface area contributed by atoms with Gasteiger partial charge in [0.1, 0.15) is 12.5 Å². The summed E-state index contributed by atoms with van der Waals surface area (Å²) in [6.07, 6.45) is -4.75. The molecule has 0 atom stereocenters. The van der Waals surface area contributed by atoms with Crippen molar-refractivity contribution in [2.75, 3.05) is 16.5 Å². The number of aryl methyl sites for hydroxylation is 1. The number of rotatable bonds is 5. The highest BCUT2D eigenvalue weighted by molar-refractivity contribution is 7.46. The highest BCUT2D eigenvalue weighted by Gasteiger charge is 2.58. The van der Waals surface area contributed by atoms with Crippen molar-refractivity contribution in [2.24, 2.45) is 10.8 Å². The fourth-order valence-electron chi connectivity index (χ4n) is 6.44. The SMILES string of the molecule is Cc1cc(F)ccc1N1CN(c2ccc(=O)n(C(OP(=O)(O)O)(C(C)(C)C)C(C)(C)C)c2C)C(=O)c2cc(C(F)(F)F)ccc21. The Bertz CT molecular complexity index is 1750. The number of carbonyl (C=O) groups excluding carboxylic acids is 1. The minimum absolute atomic E-state index is 0.0698. The van der Waals surface area contributed by atoms with E-state index in [1.54, 1.807) is 53.4 Å². The predicted molar refractivity (Wildman–Crippen MR) is 162 cm³/mol. The van der Waals surface area contributed by atoms with Crippen LogP contribution in [0.4, 0.5) is 34.6 Å². The largest absolute Gasteiger partial charge is 0.471 e. The zero-order chi connectivity index (χ0) is 34.1. The molecule has 4 rings (SSSR count). The first kappa shape index (κ1) is 34.4. The number of alkyl halides is 3. The standard InChI is InChI=1S/C31H36F4N3O6P/c1-18-15-21(32)10-12-23(18)36-17-37(27(40)22-16-20(30(33,34)35)9-11-25(22)36)24-13-14-26(39)38(19(24)2)31(28(3,4)5,29(6,7)8)44-45(41,42)43/h9-16H,17H2,1-8H3,(H2,41,42,43). The number of phosphoric acid groups is 1. The second-order valence-electron chi connectivity index (χ2n) is 13.2. The average molecular weight is 654 g/mol. The van der Waals surface area contributed by atoms with Gasteiger partial charge in [-0.05, 0) is 61.9 Å². The Hall–Kier alpha value is -3.51. The molecule has 2 heterocycles. The fourth-order valence-corrected chi connectivity index (χ4v) is 7.42. The Morgan fingerprint density at radius 2 is 1.36 bits per heavy atom. The van der Waals surface area contributed by atoms with E-state index in [4.69, 9.17) is 4.52 Å². The number of anilines is 3. The number of amides is 1. The van der Waals surface area contributed by atoms with Crippen molar-refractivity contribution in [2.45, 2.75) is 67.3 Å². The molecule has 3 aromatic rings. The summed E-state index contributed by atoms with van der Waals surface area (Å²) in [5.74, 6) is -1.34. The summed E-state index contributed by atoms with van der Waals surface area (Å²) >= 11 is 0. The smallest absolute Gasteiger partial charge is 0.322 e. The Balaban J connectivity index is 2.05. The number of fused-ring (bicyclic) bond motifs is 1. The highest BCUT2D eigenvalue weighted by Crippen LogP contribution is 2.58. The molecular formula is C31H36F4N3O6P. The van der Waals surface area contributed by atoms with Crippen LogP contribution in [0.15, 0.2) is 53.3 Å². The number of benzene rings is 2. The van der Waals surface area contributed by atoms with Crippen molar-refractivity contribution in [1.82, 2.24) is 4.57 Å². The molecular weight excluding hydrogens is 617 g/mol. The molecule has 0 saturated carbocycles. The number of hydrogen-bond donors (Lipinski definition) is 2. The zero-order valence-corrected chi connectivity index (χ0v) is 27.0. The number of hydrogen-bond acceptors (Lipinski definition) is 5. The third-order valence-corrected chi connectivity index (χ3v) is 8.52. The Labute approximate surface area is 258 Å². The molecule has 2 N–H and O–H groups in total. The third kappa shape index (κ3) is 6.06. The molecule has 9 nitrogen and oxygen atoms in total. The molecule has 1 amide bonds. The van der Waals surface area contributed by atoms with Gasteiger partial charge in [-0.2, -0.15) is 13.2 Å². The maximum atomic E-state index is 14.1. The lowest BCUT2D eigenvalue weighted by Crippen LogP contribution is -2.60. The maximum Gasteiger partial charge on any atom is 0.471 e. The molecule has 45 heavy (non-hydrogen) atoms. The molecule has 1 aliphatic heterocycles. The van der Waals surface area contributed by atoms with Crippen molar-refractivity contribution in [1.29, 1.82) is 0 Å². The molecule has 0 saturated heterocycles. The number of halogens is 4. The zero-order valence-electron chi connectivity index (χ0n) is 26.2. The molecule has 2 aromatic carbocycles. The Morgan fingerprint density at radius 1 is 0.800 bits per heavy atom. The molecule has 14 heteroatoms. The van der Waals surface area contributed by atoms with Gasteiger partial charge in [-0.3, -0.25) is 23.6 Å². The van der Waals surface area contributed by atoms with Gasteiger partial charge in [0.25, 0.3) is 11.5 Å². The second-order valence-corrected chi connectivity index (χ2v) is 14.3. The molecule has 244 valence electrons. The van der Waals surface area contributed by atoms with Crippen molar-refractivity contribution < 1.29 is 41.2 Å².